The normalized spacial score (nSPS) is 15.9. The van der Waals surface area contributed by atoms with Gasteiger partial charge >= 0.3 is 0 Å². The fraction of sp³-hybridized carbons (Fsp3) is 0.444. The summed E-state index contributed by atoms with van der Waals surface area (Å²) >= 11 is 0. The molecule has 2 heterocycles. The minimum atomic E-state index is 0.531. The number of ether oxygens (including phenoxy) is 1. The van der Waals surface area contributed by atoms with Gasteiger partial charge in [0, 0.05) is 18.4 Å². The highest BCUT2D eigenvalue weighted by molar-refractivity contribution is 5.37. The van der Waals surface area contributed by atoms with E-state index in [1.807, 2.05) is 0 Å². The number of rotatable bonds is 0. The monoisotopic (exact) mass is 178 g/mol. The molecule has 4 heteroatoms. The average molecular weight is 178 g/mol. The Balaban J connectivity index is 2.49. The first-order chi connectivity index (χ1) is 6.33. The molecular weight excluding hydrogens is 168 g/mol. The quantitative estimate of drug-likeness (QED) is 0.456. The van der Waals surface area contributed by atoms with E-state index in [0.29, 0.717) is 25.3 Å². The molecule has 1 aliphatic heterocycles. The Morgan fingerprint density at radius 2 is 2.23 bits per heavy atom. The number of terminal acetylenes is 1. The SMILES string of the molecule is C#Cc1nn(O)c2c1CCOCC2. The number of aromatic nitrogens is 2. The molecule has 0 spiro atoms. The molecule has 1 N–H and O–H groups in total. The van der Waals surface area contributed by atoms with Crippen LogP contribution in [-0.2, 0) is 17.6 Å². The van der Waals surface area contributed by atoms with Crippen molar-refractivity contribution in [2.75, 3.05) is 13.2 Å². The van der Waals surface area contributed by atoms with Gasteiger partial charge in [0.25, 0.3) is 0 Å². The predicted molar refractivity (Wildman–Crippen MR) is 45.6 cm³/mol. The Kier molecular flexibility index (Phi) is 1.95. The lowest BCUT2D eigenvalue weighted by Gasteiger charge is -1.96. The van der Waals surface area contributed by atoms with E-state index in [4.69, 9.17) is 11.2 Å². The summed E-state index contributed by atoms with van der Waals surface area (Å²) < 4.78 is 5.27. The molecule has 0 saturated heterocycles. The van der Waals surface area contributed by atoms with Gasteiger partial charge in [0.2, 0.25) is 0 Å². The van der Waals surface area contributed by atoms with Crippen LogP contribution in [0.2, 0.25) is 0 Å². The van der Waals surface area contributed by atoms with Crippen LogP contribution < -0.4 is 0 Å². The van der Waals surface area contributed by atoms with E-state index in [1.165, 1.54) is 0 Å². The highest BCUT2D eigenvalue weighted by atomic mass is 16.5. The summed E-state index contributed by atoms with van der Waals surface area (Å²) in [6.07, 6.45) is 6.66. The van der Waals surface area contributed by atoms with Gasteiger partial charge in [0.05, 0.1) is 18.9 Å². The zero-order chi connectivity index (χ0) is 9.26. The van der Waals surface area contributed by atoms with E-state index >= 15 is 0 Å². The molecule has 1 aromatic rings. The maximum absolute atomic E-state index is 9.39. The summed E-state index contributed by atoms with van der Waals surface area (Å²) in [6.45, 7) is 1.26. The molecule has 0 bridgehead atoms. The van der Waals surface area contributed by atoms with Crippen molar-refractivity contribution in [3.63, 3.8) is 0 Å². The molecule has 2 rings (SSSR count). The topological polar surface area (TPSA) is 47.3 Å². The van der Waals surface area contributed by atoms with E-state index in [-0.39, 0.29) is 0 Å². The second-order valence-corrected chi connectivity index (χ2v) is 2.92. The molecule has 0 aliphatic carbocycles. The molecule has 0 radical (unpaired) electrons. The maximum Gasteiger partial charge on any atom is 0.142 e. The Bertz CT molecular complexity index is 362. The van der Waals surface area contributed by atoms with Crippen molar-refractivity contribution < 1.29 is 9.94 Å². The number of fused-ring (bicyclic) bond motifs is 1. The zero-order valence-electron chi connectivity index (χ0n) is 7.16. The predicted octanol–water partition coefficient (Wildman–Crippen LogP) is 0.217. The summed E-state index contributed by atoms with van der Waals surface area (Å²) in [5, 5.41) is 13.2. The van der Waals surface area contributed by atoms with Crippen LogP contribution in [0.25, 0.3) is 0 Å². The molecule has 4 nitrogen and oxygen atoms in total. The van der Waals surface area contributed by atoms with Crippen LogP contribution in [0.4, 0.5) is 0 Å². The molecule has 0 unspecified atom stereocenters. The van der Waals surface area contributed by atoms with Gasteiger partial charge in [-0.3, -0.25) is 0 Å². The second kappa shape index (κ2) is 3.11. The lowest BCUT2D eigenvalue weighted by atomic mass is 10.1. The van der Waals surface area contributed by atoms with Gasteiger partial charge in [-0.25, -0.2) is 0 Å². The van der Waals surface area contributed by atoms with Crippen molar-refractivity contribution >= 4 is 0 Å². The van der Waals surface area contributed by atoms with Gasteiger partial charge in [-0.05, 0) is 5.92 Å². The van der Waals surface area contributed by atoms with Gasteiger partial charge in [0.15, 0.2) is 0 Å². The summed E-state index contributed by atoms with van der Waals surface area (Å²) in [7, 11) is 0. The van der Waals surface area contributed by atoms with Crippen LogP contribution in [0.15, 0.2) is 0 Å². The standard InChI is InChI=1S/C9H10N2O2/c1-2-8-7-3-5-13-6-4-9(7)11(12)10-8/h1,12H,3-6H2. The fourth-order valence-corrected chi connectivity index (χ4v) is 1.55. The van der Waals surface area contributed by atoms with E-state index in [2.05, 4.69) is 11.0 Å². The third kappa shape index (κ3) is 1.27. The van der Waals surface area contributed by atoms with Crippen LogP contribution in [0.1, 0.15) is 17.0 Å². The summed E-state index contributed by atoms with van der Waals surface area (Å²) in [5.41, 5.74) is 2.26. The largest absolute Gasteiger partial charge is 0.411 e. The molecular formula is C9H10N2O2. The third-order valence-corrected chi connectivity index (χ3v) is 2.19. The van der Waals surface area contributed by atoms with Crippen molar-refractivity contribution in [2.24, 2.45) is 0 Å². The summed E-state index contributed by atoms with van der Waals surface area (Å²) in [6, 6.07) is 0. The summed E-state index contributed by atoms with van der Waals surface area (Å²) in [4.78, 5) is 0.874. The lowest BCUT2D eigenvalue weighted by Crippen LogP contribution is -2.03. The van der Waals surface area contributed by atoms with Crippen molar-refractivity contribution in [3.05, 3.63) is 17.0 Å². The van der Waals surface area contributed by atoms with E-state index in [1.54, 1.807) is 0 Å². The van der Waals surface area contributed by atoms with Crippen LogP contribution in [-0.4, -0.2) is 28.4 Å². The van der Waals surface area contributed by atoms with Gasteiger partial charge in [-0.2, -0.15) is 0 Å². The Morgan fingerprint density at radius 3 is 3.00 bits per heavy atom. The second-order valence-electron chi connectivity index (χ2n) is 2.92. The van der Waals surface area contributed by atoms with Gasteiger partial charge in [0.1, 0.15) is 5.69 Å². The highest BCUT2D eigenvalue weighted by Crippen LogP contribution is 2.17. The average Bonchev–Trinajstić information content (AvgIpc) is 2.38. The molecule has 0 amide bonds. The number of nitrogens with zero attached hydrogens (tertiary/aromatic N) is 2. The fourth-order valence-electron chi connectivity index (χ4n) is 1.55. The Morgan fingerprint density at radius 1 is 1.46 bits per heavy atom. The molecule has 1 aromatic heterocycles. The van der Waals surface area contributed by atoms with Crippen molar-refractivity contribution in [1.82, 2.24) is 9.94 Å². The number of hydrogen-bond acceptors (Lipinski definition) is 3. The van der Waals surface area contributed by atoms with E-state index in [9.17, 15) is 5.21 Å². The smallest absolute Gasteiger partial charge is 0.142 e. The third-order valence-electron chi connectivity index (χ3n) is 2.19. The molecule has 0 aromatic carbocycles. The Labute approximate surface area is 76.1 Å². The van der Waals surface area contributed by atoms with Crippen molar-refractivity contribution in [2.45, 2.75) is 12.8 Å². The van der Waals surface area contributed by atoms with E-state index in [0.717, 1.165) is 22.5 Å². The zero-order valence-corrected chi connectivity index (χ0v) is 7.16. The van der Waals surface area contributed by atoms with Crippen molar-refractivity contribution in [1.29, 1.82) is 0 Å². The maximum atomic E-state index is 9.39. The first kappa shape index (κ1) is 8.14. The lowest BCUT2D eigenvalue weighted by molar-refractivity contribution is 0.123. The molecule has 13 heavy (non-hydrogen) atoms. The first-order valence-electron chi connectivity index (χ1n) is 4.17. The first-order valence-corrected chi connectivity index (χ1v) is 4.17. The molecule has 68 valence electrons. The van der Waals surface area contributed by atoms with Crippen LogP contribution in [0.5, 0.6) is 0 Å². The molecule has 0 atom stereocenters. The minimum absolute atomic E-state index is 0.531. The minimum Gasteiger partial charge on any atom is -0.411 e. The van der Waals surface area contributed by atoms with Gasteiger partial charge in [-0.1, -0.05) is 0 Å². The Hall–Kier alpha value is -1.47. The van der Waals surface area contributed by atoms with E-state index < -0.39 is 0 Å². The van der Waals surface area contributed by atoms with Crippen LogP contribution in [0.3, 0.4) is 0 Å². The molecule has 1 aliphatic rings. The van der Waals surface area contributed by atoms with Crippen LogP contribution in [0, 0.1) is 12.3 Å². The van der Waals surface area contributed by atoms with Crippen molar-refractivity contribution in [3.8, 4) is 12.3 Å². The van der Waals surface area contributed by atoms with Crippen LogP contribution >= 0.6 is 0 Å². The van der Waals surface area contributed by atoms with Gasteiger partial charge in [-0.15, -0.1) is 16.4 Å². The number of hydrogen-bond donors (Lipinski definition) is 1. The highest BCUT2D eigenvalue weighted by Gasteiger charge is 2.18. The summed E-state index contributed by atoms with van der Waals surface area (Å²) in [5.74, 6) is 2.46. The molecule has 0 fully saturated rings. The molecule has 0 saturated carbocycles. The van der Waals surface area contributed by atoms with Gasteiger partial charge < -0.3 is 9.94 Å².